The lowest BCUT2D eigenvalue weighted by Gasteiger charge is -2.12. The van der Waals surface area contributed by atoms with Gasteiger partial charge in [0.25, 0.3) is 0 Å². The molecule has 0 spiro atoms. The van der Waals surface area contributed by atoms with E-state index in [1.165, 1.54) is 0 Å². The lowest BCUT2D eigenvalue weighted by molar-refractivity contribution is 0.178. The monoisotopic (exact) mass is 219 g/mol. The predicted octanol–water partition coefficient (Wildman–Crippen LogP) is 2.73. The number of nitrogens with zero attached hydrogens (tertiary/aromatic N) is 1. The summed E-state index contributed by atoms with van der Waals surface area (Å²) in [6, 6.07) is 7.93. The van der Waals surface area contributed by atoms with Crippen LogP contribution in [-0.4, -0.2) is 10.1 Å². The second kappa shape index (κ2) is 4.55. The fraction of sp³-hybridized carbons (Fsp3) is 0.250. The summed E-state index contributed by atoms with van der Waals surface area (Å²) in [6.45, 7) is 2.02. The summed E-state index contributed by atoms with van der Waals surface area (Å²) >= 11 is 1.58. The molecule has 1 N–H and O–H groups in total. The Morgan fingerprint density at radius 2 is 2.20 bits per heavy atom. The van der Waals surface area contributed by atoms with E-state index in [2.05, 4.69) is 4.98 Å². The van der Waals surface area contributed by atoms with Crippen molar-refractivity contribution in [2.24, 2.45) is 0 Å². The van der Waals surface area contributed by atoms with Crippen molar-refractivity contribution in [3.8, 4) is 0 Å². The number of benzene rings is 1. The molecular weight excluding hydrogens is 206 g/mol. The molecule has 0 aliphatic rings. The number of rotatable bonds is 3. The molecule has 0 aliphatic carbocycles. The molecule has 0 fully saturated rings. The van der Waals surface area contributed by atoms with Crippen molar-refractivity contribution in [1.82, 2.24) is 4.98 Å². The molecule has 2 aromatic rings. The van der Waals surface area contributed by atoms with Gasteiger partial charge in [-0.1, -0.05) is 24.3 Å². The van der Waals surface area contributed by atoms with Gasteiger partial charge in [-0.05, 0) is 18.1 Å². The number of aryl methyl sites for hydroxylation is 1. The first-order chi connectivity index (χ1) is 7.27. The molecule has 15 heavy (non-hydrogen) atoms. The van der Waals surface area contributed by atoms with Gasteiger partial charge in [0.05, 0.1) is 11.6 Å². The van der Waals surface area contributed by atoms with E-state index in [4.69, 9.17) is 0 Å². The molecule has 1 atom stereocenters. The van der Waals surface area contributed by atoms with Crippen LogP contribution < -0.4 is 0 Å². The highest BCUT2D eigenvalue weighted by atomic mass is 32.1. The van der Waals surface area contributed by atoms with E-state index >= 15 is 0 Å². The van der Waals surface area contributed by atoms with Crippen molar-refractivity contribution >= 4 is 11.3 Å². The lowest BCUT2D eigenvalue weighted by atomic mass is 10.0. The van der Waals surface area contributed by atoms with Crippen LogP contribution >= 0.6 is 11.3 Å². The normalized spacial score (nSPS) is 12.7. The topological polar surface area (TPSA) is 33.1 Å². The van der Waals surface area contributed by atoms with E-state index in [-0.39, 0.29) is 0 Å². The van der Waals surface area contributed by atoms with Gasteiger partial charge >= 0.3 is 0 Å². The maximum atomic E-state index is 10.1. The van der Waals surface area contributed by atoms with Crippen LogP contribution in [0.3, 0.4) is 0 Å². The molecule has 1 unspecified atom stereocenters. The maximum Gasteiger partial charge on any atom is 0.0841 e. The van der Waals surface area contributed by atoms with E-state index in [0.717, 1.165) is 16.0 Å². The minimum absolute atomic E-state index is 0.424. The van der Waals surface area contributed by atoms with Gasteiger partial charge in [0, 0.05) is 17.5 Å². The molecule has 2 rings (SSSR count). The Labute approximate surface area is 93.2 Å². The Morgan fingerprint density at radius 1 is 1.40 bits per heavy atom. The predicted molar refractivity (Wildman–Crippen MR) is 62.0 cm³/mol. The SMILES string of the molecule is Cc1ccccc1C(O)Cc1cncs1. The summed E-state index contributed by atoms with van der Waals surface area (Å²) in [5.74, 6) is 0. The molecule has 3 heteroatoms. The van der Waals surface area contributed by atoms with E-state index in [1.807, 2.05) is 37.4 Å². The van der Waals surface area contributed by atoms with Crippen LogP contribution in [0.15, 0.2) is 36.0 Å². The number of aliphatic hydroxyl groups is 1. The molecule has 1 aromatic heterocycles. The molecule has 1 heterocycles. The molecule has 0 aliphatic heterocycles. The zero-order chi connectivity index (χ0) is 10.7. The smallest absolute Gasteiger partial charge is 0.0841 e. The Hall–Kier alpha value is -1.19. The third kappa shape index (κ3) is 2.43. The third-order valence-corrected chi connectivity index (χ3v) is 3.23. The second-order valence-electron chi connectivity index (χ2n) is 3.54. The van der Waals surface area contributed by atoms with Gasteiger partial charge in [0.2, 0.25) is 0 Å². The highest BCUT2D eigenvalue weighted by Crippen LogP contribution is 2.22. The molecule has 78 valence electrons. The van der Waals surface area contributed by atoms with Crippen molar-refractivity contribution in [2.75, 3.05) is 0 Å². The van der Waals surface area contributed by atoms with Crippen LogP contribution in [-0.2, 0) is 6.42 Å². The molecule has 0 saturated heterocycles. The van der Waals surface area contributed by atoms with Gasteiger partial charge in [0.1, 0.15) is 0 Å². The molecule has 1 aromatic carbocycles. The Balaban J connectivity index is 2.15. The highest BCUT2D eigenvalue weighted by Gasteiger charge is 2.11. The average molecular weight is 219 g/mol. The largest absolute Gasteiger partial charge is 0.388 e. The van der Waals surface area contributed by atoms with E-state index in [9.17, 15) is 5.11 Å². The van der Waals surface area contributed by atoms with E-state index in [0.29, 0.717) is 6.42 Å². The van der Waals surface area contributed by atoms with Gasteiger partial charge in [-0.2, -0.15) is 0 Å². The molecule has 0 saturated carbocycles. The van der Waals surface area contributed by atoms with E-state index in [1.54, 1.807) is 16.8 Å². The fourth-order valence-electron chi connectivity index (χ4n) is 1.60. The zero-order valence-electron chi connectivity index (χ0n) is 8.55. The molecule has 0 bridgehead atoms. The van der Waals surface area contributed by atoms with Crippen molar-refractivity contribution in [3.05, 3.63) is 52.0 Å². The van der Waals surface area contributed by atoms with Crippen LogP contribution in [0, 0.1) is 6.92 Å². The first-order valence-corrected chi connectivity index (χ1v) is 5.76. The summed E-state index contributed by atoms with van der Waals surface area (Å²) < 4.78 is 0. The minimum Gasteiger partial charge on any atom is -0.388 e. The summed E-state index contributed by atoms with van der Waals surface area (Å²) in [6.07, 6.45) is 2.04. The number of hydrogen-bond donors (Lipinski definition) is 1. The standard InChI is InChI=1S/C12H13NOS/c1-9-4-2-3-5-11(9)12(14)6-10-7-13-8-15-10/h2-5,7-8,12,14H,6H2,1H3. The number of thiazole rings is 1. The van der Waals surface area contributed by atoms with Gasteiger partial charge in [-0.25, -0.2) is 0 Å². The summed E-state index contributed by atoms with van der Waals surface area (Å²) in [7, 11) is 0. The van der Waals surface area contributed by atoms with Crippen LogP contribution in [0.2, 0.25) is 0 Å². The molecular formula is C12H13NOS. The van der Waals surface area contributed by atoms with Crippen molar-refractivity contribution in [2.45, 2.75) is 19.4 Å². The summed E-state index contributed by atoms with van der Waals surface area (Å²) in [5.41, 5.74) is 3.93. The van der Waals surface area contributed by atoms with Gasteiger partial charge in [-0.3, -0.25) is 4.98 Å². The van der Waals surface area contributed by atoms with Crippen molar-refractivity contribution in [1.29, 1.82) is 0 Å². The molecule has 0 amide bonds. The first kappa shape index (κ1) is 10.3. The quantitative estimate of drug-likeness (QED) is 0.861. The van der Waals surface area contributed by atoms with E-state index < -0.39 is 6.10 Å². The van der Waals surface area contributed by atoms with Crippen LogP contribution in [0.25, 0.3) is 0 Å². The third-order valence-electron chi connectivity index (χ3n) is 2.43. The number of hydrogen-bond acceptors (Lipinski definition) is 3. The molecule has 2 nitrogen and oxygen atoms in total. The summed E-state index contributed by atoms with van der Waals surface area (Å²) in [5, 5.41) is 10.1. The lowest BCUT2D eigenvalue weighted by Crippen LogP contribution is -2.02. The fourth-order valence-corrected chi connectivity index (χ4v) is 2.24. The average Bonchev–Trinajstić information content (AvgIpc) is 2.71. The first-order valence-electron chi connectivity index (χ1n) is 4.88. The number of aromatic nitrogens is 1. The second-order valence-corrected chi connectivity index (χ2v) is 4.52. The Kier molecular flexibility index (Phi) is 3.14. The zero-order valence-corrected chi connectivity index (χ0v) is 9.37. The Bertz CT molecular complexity index is 425. The molecule has 0 radical (unpaired) electrons. The van der Waals surface area contributed by atoms with Crippen LogP contribution in [0.4, 0.5) is 0 Å². The Morgan fingerprint density at radius 3 is 2.87 bits per heavy atom. The van der Waals surface area contributed by atoms with Crippen molar-refractivity contribution < 1.29 is 5.11 Å². The maximum absolute atomic E-state index is 10.1. The summed E-state index contributed by atoms with van der Waals surface area (Å²) in [4.78, 5) is 5.12. The minimum atomic E-state index is -0.424. The van der Waals surface area contributed by atoms with Crippen LogP contribution in [0.1, 0.15) is 22.1 Å². The van der Waals surface area contributed by atoms with Crippen LogP contribution in [0.5, 0.6) is 0 Å². The van der Waals surface area contributed by atoms with Gasteiger partial charge in [-0.15, -0.1) is 11.3 Å². The van der Waals surface area contributed by atoms with Gasteiger partial charge < -0.3 is 5.11 Å². The number of aliphatic hydroxyl groups excluding tert-OH is 1. The highest BCUT2D eigenvalue weighted by molar-refractivity contribution is 7.09. The van der Waals surface area contributed by atoms with Crippen molar-refractivity contribution in [3.63, 3.8) is 0 Å². The van der Waals surface area contributed by atoms with Gasteiger partial charge in [0.15, 0.2) is 0 Å².